The zero-order valence-electron chi connectivity index (χ0n) is 20.6. The van der Waals surface area contributed by atoms with Crippen molar-refractivity contribution < 1.29 is 13.9 Å². The number of fused-ring (bicyclic) bond motifs is 2. The first-order valence-electron chi connectivity index (χ1n) is 12.3. The molecule has 0 bridgehead atoms. The maximum Gasteiger partial charge on any atom is 0.274 e. The molecular formula is C28H25FN6O2S. The highest BCUT2D eigenvalue weighted by molar-refractivity contribution is 7.16. The lowest BCUT2D eigenvalue weighted by atomic mass is 10.0. The Balaban J connectivity index is 1.35. The van der Waals surface area contributed by atoms with Gasteiger partial charge in [0.05, 0.1) is 41.3 Å². The minimum Gasteiger partial charge on any atom is -0.496 e. The van der Waals surface area contributed by atoms with Gasteiger partial charge in [0.25, 0.3) is 5.91 Å². The summed E-state index contributed by atoms with van der Waals surface area (Å²) in [5, 5.41) is 3.83. The van der Waals surface area contributed by atoms with Crippen LogP contribution in [0.5, 0.6) is 5.75 Å². The lowest BCUT2D eigenvalue weighted by Gasteiger charge is -2.33. The summed E-state index contributed by atoms with van der Waals surface area (Å²) >= 11 is 1.45. The summed E-state index contributed by atoms with van der Waals surface area (Å²) in [5.74, 6) is -0.347. The molecule has 0 spiro atoms. The Morgan fingerprint density at radius 1 is 1.21 bits per heavy atom. The molecule has 3 aromatic heterocycles. The molecule has 0 unspecified atom stereocenters. The van der Waals surface area contributed by atoms with Crippen LogP contribution >= 0.6 is 11.3 Å². The van der Waals surface area contributed by atoms with Crippen LogP contribution in [-0.2, 0) is 0 Å². The highest BCUT2D eigenvalue weighted by atomic mass is 32.1. The number of thiazole rings is 1. The number of carbonyl (C=O) groups is 1. The molecule has 1 atom stereocenters. The van der Waals surface area contributed by atoms with Gasteiger partial charge in [-0.3, -0.25) is 4.79 Å². The van der Waals surface area contributed by atoms with Gasteiger partial charge in [-0.15, -0.1) is 11.3 Å². The van der Waals surface area contributed by atoms with Gasteiger partial charge in [-0.25, -0.2) is 19.3 Å². The number of carbonyl (C=O) groups excluding carboxylic acids is 1. The van der Waals surface area contributed by atoms with E-state index in [-0.39, 0.29) is 17.6 Å². The Morgan fingerprint density at radius 3 is 2.92 bits per heavy atom. The molecule has 0 saturated carbocycles. The molecule has 5 aromatic rings. The lowest BCUT2D eigenvalue weighted by molar-refractivity contribution is 0.102. The predicted molar refractivity (Wildman–Crippen MR) is 148 cm³/mol. The second-order valence-electron chi connectivity index (χ2n) is 9.25. The van der Waals surface area contributed by atoms with E-state index >= 15 is 0 Å². The van der Waals surface area contributed by atoms with Crippen LogP contribution in [0.2, 0.25) is 0 Å². The van der Waals surface area contributed by atoms with E-state index in [1.165, 1.54) is 24.5 Å². The third-order valence-corrected chi connectivity index (χ3v) is 7.50. The van der Waals surface area contributed by atoms with E-state index in [9.17, 15) is 9.18 Å². The molecule has 1 aliphatic heterocycles. The minimum atomic E-state index is -0.396. The van der Waals surface area contributed by atoms with Crippen LogP contribution in [-0.4, -0.2) is 47.1 Å². The van der Waals surface area contributed by atoms with Gasteiger partial charge in [0.1, 0.15) is 27.6 Å². The number of benzene rings is 2. The van der Waals surface area contributed by atoms with E-state index in [0.717, 1.165) is 40.8 Å². The van der Waals surface area contributed by atoms with Crippen molar-refractivity contribution in [2.24, 2.45) is 5.73 Å². The summed E-state index contributed by atoms with van der Waals surface area (Å²) in [6.07, 6.45) is 3.59. The van der Waals surface area contributed by atoms with E-state index < -0.39 is 5.82 Å². The number of nitrogens with zero attached hydrogens (tertiary/aromatic N) is 4. The molecule has 0 radical (unpaired) electrons. The van der Waals surface area contributed by atoms with Gasteiger partial charge < -0.3 is 20.7 Å². The maximum atomic E-state index is 14.7. The van der Waals surface area contributed by atoms with Gasteiger partial charge in [0.15, 0.2) is 0 Å². The lowest BCUT2D eigenvalue weighted by Crippen LogP contribution is -2.43. The molecule has 1 fully saturated rings. The monoisotopic (exact) mass is 528 g/mol. The molecule has 8 nitrogen and oxygen atoms in total. The molecule has 2 aromatic carbocycles. The fourth-order valence-electron chi connectivity index (χ4n) is 4.97. The predicted octanol–water partition coefficient (Wildman–Crippen LogP) is 5.23. The van der Waals surface area contributed by atoms with Gasteiger partial charge in [-0.2, -0.15) is 0 Å². The molecule has 3 N–H and O–H groups in total. The Hall–Kier alpha value is -4.15. The molecule has 4 heterocycles. The summed E-state index contributed by atoms with van der Waals surface area (Å²) in [5.41, 5.74) is 11.9. The highest BCUT2D eigenvalue weighted by Gasteiger charge is 2.24. The summed E-state index contributed by atoms with van der Waals surface area (Å²) < 4.78 is 20.1. The average molecular weight is 529 g/mol. The van der Waals surface area contributed by atoms with E-state index in [0.29, 0.717) is 34.6 Å². The number of piperidine rings is 1. The van der Waals surface area contributed by atoms with E-state index in [1.807, 2.05) is 18.2 Å². The van der Waals surface area contributed by atoms with Gasteiger partial charge in [0, 0.05) is 24.5 Å². The van der Waals surface area contributed by atoms with Crippen molar-refractivity contribution in [1.29, 1.82) is 0 Å². The zero-order valence-corrected chi connectivity index (χ0v) is 21.5. The van der Waals surface area contributed by atoms with Crippen LogP contribution in [0.1, 0.15) is 23.3 Å². The normalized spacial score (nSPS) is 15.7. The van der Waals surface area contributed by atoms with Crippen molar-refractivity contribution in [2.45, 2.75) is 18.9 Å². The molecule has 0 aliphatic carbocycles. The topological polar surface area (TPSA) is 106 Å². The van der Waals surface area contributed by atoms with Crippen molar-refractivity contribution >= 4 is 49.9 Å². The molecule has 6 rings (SSSR count). The van der Waals surface area contributed by atoms with Crippen LogP contribution in [0, 0.1) is 5.82 Å². The van der Waals surface area contributed by atoms with Crippen LogP contribution in [0.15, 0.2) is 60.2 Å². The highest BCUT2D eigenvalue weighted by Crippen LogP contribution is 2.36. The summed E-state index contributed by atoms with van der Waals surface area (Å²) in [7, 11) is 1.50. The fraction of sp³-hybridized carbons (Fsp3) is 0.214. The summed E-state index contributed by atoms with van der Waals surface area (Å²) in [6.45, 7) is 1.50. The second-order valence-corrected chi connectivity index (χ2v) is 10.1. The van der Waals surface area contributed by atoms with E-state index in [1.54, 1.807) is 36.0 Å². The quantitative estimate of drug-likeness (QED) is 0.322. The van der Waals surface area contributed by atoms with Crippen LogP contribution < -0.4 is 20.7 Å². The molecule has 192 valence electrons. The number of methoxy groups -OCH3 is 1. The molecule has 10 heteroatoms. The number of anilines is 2. The summed E-state index contributed by atoms with van der Waals surface area (Å²) in [6, 6.07) is 13.7. The number of halogens is 1. The third-order valence-electron chi connectivity index (χ3n) is 6.77. The fourth-order valence-corrected chi connectivity index (χ4v) is 5.60. The second kappa shape index (κ2) is 9.96. The average Bonchev–Trinajstić information content (AvgIpc) is 3.41. The zero-order chi connectivity index (χ0) is 26.2. The number of nitrogens with one attached hydrogen (secondary N) is 1. The smallest absolute Gasteiger partial charge is 0.274 e. The largest absolute Gasteiger partial charge is 0.496 e. The SMILES string of the molecule is COc1cccc(F)c1-c1ccc2ccc(C(=O)Nc3cnc4scnc4c3N3CCC[C@H](N)C3)nc2c1. The van der Waals surface area contributed by atoms with Crippen molar-refractivity contribution in [3.8, 4) is 16.9 Å². The van der Waals surface area contributed by atoms with Gasteiger partial charge in [-0.05, 0) is 42.7 Å². The number of aromatic nitrogens is 3. The number of amides is 1. The summed E-state index contributed by atoms with van der Waals surface area (Å²) in [4.78, 5) is 30.0. The van der Waals surface area contributed by atoms with Gasteiger partial charge in [0.2, 0.25) is 0 Å². The molecule has 1 saturated heterocycles. The Labute approximate surface area is 222 Å². The molecular weight excluding hydrogens is 503 g/mol. The van der Waals surface area contributed by atoms with E-state index in [4.69, 9.17) is 10.5 Å². The van der Waals surface area contributed by atoms with Crippen molar-refractivity contribution in [2.75, 3.05) is 30.4 Å². The van der Waals surface area contributed by atoms with Crippen LogP contribution in [0.3, 0.4) is 0 Å². The minimum absolute atomic E-state index is 0.0542. The third kappa shape index (κ3) is 4.42. The van der Waals surface area contributed by atoms with Gasteiger partial charge in [-0.1, -0.05) is 24.3 Å². The number of pyridine rings is 2. The first-order chi connectivity index (χ1) is 18.5. The first kappa shape index (κ1) is 24.2. The maximum absolute atomic E-state index is 14.7. The Bertz CT molecular complexity index is 1670. The van der Waals surface area contributed by atoms with Crippen molar-refractivity contribution in [3.05, 3.63) is 71.7 Å². The van der Waals surface area contributed by atoms with E-state index in [2.05, 4.69) is 25.2 Å². The number of rotatable bonds is 5. The Morgan fingerprint density at radius 2 is 2.08 bits per heavy atom. The standard InChI is InChI=1S/C28H25FN6O2S/c1-37-23-6-2-5-19(29)24(23)17-8-7-16-9-10-20(33-21(16)12-17)27(36)34-22-13-31-28-25(32-15-38-28)26(22)35-11-3-4-18(30)14-35/h2,5-10,12-13,15,18H,3-4,11,14,30H2,1H3,(H,34,36)/t18-/m0/s1. The Kier molecular flexibility index (Phi) is 6.34. The number of hydrogen-bond donors (Lipinski definition) is 2. The number of hydrogen-bond acceptors (Lipinski definition) is 8. The molecule has 1 amide bonds. The first-order valence-corrected chi connectivity index (χ1v) is 13.2. The number of ether oxygens (including phenoxy) is 1. The molecule has 1 aliphatic rings. The van der Waals surface area contributed by atoms with Crippen molar-refractivity contribution in [3.63, 3.8) is 0 Å². The van der Waals surface area contributed by atoms with Crippen LogP contribution in [0.4, 0.5) is 15.8 Å². The van der Waals surface area contributed by atoms with Crippen LogP contribution in [0.25, 0.3) is 32.4 Å². The van der Waals surface area contributed by atoms with Crippen molar-refractivity contribution in [1.82, 2.24) is 15.0 Å². The molecule has 38 heavy (non-hydrogen) atoms. The van der Waals surface area contributed by atoms with Gasteiger partial charge >= 0.3 is 0 Å². The number of nitrogens with two attached hydrogens (primary N) is 1.